The van der Waals surface area contributed by atoms with Crippen LogP contribution in [0.1, 0.15) is 19.5 Å². The van der Waals surface area contributed by atoms with Crippen LogP contribution in [-0.2, 0) is 0 Å². The molecule has 1 aromatic heterocycles. The number of rotatable bonds is 2. The Labute approximate surface area is 113 Å². The van der Waals surface area contributed by atoms with E-state index in [-0.39, 0.29) is 5.54 Å². The summed E-state index contributed by atoms with van der Waals surface area (Å²) in [6.07, 6.45) is 3.31. The van der Waals surface area contributed by atoms with Crippen LogP contribution in [0.4, 0.5) is 5.82 Å². The Kier molecular flexibility index (Phi) is 3.49. The number of thiocarbonyl (C=S) groups is 1. The average Bonchev–Trinajstić information content (AvgIpc) is 2.32. The second-order valence-electron chi connectivity index (χ2n) is 5.25. The van der Waals surface area contributed by atoms with Gasteiger partial charge in [-0.3, -0.25) is 4.90 Å². The van der Waals surface area contributed by atoms with Crippen LogP contribution in [0.5, 0.6) is 0 Å². The highest BCUT2D eigenvalue weighted by Crippen LogP contribution is 2.24. The van der Waals surface area contributed by atoms with E-state index in [1.165, 1.54) is 0 Å². The number of piperazine rings is 1. The van der Waals surface area contributed by atoms with Gasteiger partial charge >= 0.3 is 0 Å². The van der Waals surface area contributed by atoms with Crippen molar-refractivity contribution in [2.75, 3.05) is 31.6 Å². The van der Waals surface area contributed by atoms with Gasteiger partial charge in [0, 0.05) is 37.6 Å². The average molecular weight is 265 g/mol. The van der Waals surface area contributed by atoms with Crippen LogP contribution >= 0.6 is 12.2 Å². The van der Waals surface area contributed by atoms with E-state index in [1.807, 2.05) is 0 Å². The van der Waals surface area contributed by atoms with Crippen molar-refractivity contribution in [3.63, 3.8) is 0 Å². The lowest BCUT2D eigenvalue weighted by atomic mass is 9.99. The molecule has 2 rings (SSSR count). The Hall–Kier alpha value is -1.27. The first-order valence-electron chi connectivity index (χ1n) is 5.99. The second-order valence-corrected chi connectivity index (χ2v) is 5.69. The van der Waals surface area contributed by atoms with Gasteiger partial charge in [-0.05, 0) is 20.9 Å². The van der Waals surface area contributed by atoms with E-state index < -0.39 is 0 Å². The zero-order chi connectivity index (χ0) is 13.3. The number of nitrogens with zero attached hydrogens (tertiary/aromatic N) is 4. The highest BCUT2D eigenvalue weighted by molar-refractivity contribution is 7.80. The molecule has 1 aliphatic rings. The van der Waals surface area contributed by atoms with Crippen LogP contribution < -0.4 is 10.6 Å². The summed E-state index contributed by atoms with van der Waals surface area (Å²) in [6.45, 7) is 7.22. The summed E-state index contributed by atoms with van der Waals surface area (Å²) in [5.74, 6) is 0.797. The maximum absolute atomic E-state index is 5.71. The third-order valence-electron chi connectivity index (χ3n) is 3.53. The van der Waals surface area contributed by atoms with Crippen molar-refractivity contribution in [3.8, 4) is 0 Å². The lowest BCUT2D eigenvalue weighted by Crippen LogP contribution is -2.58. The molecule has 6 heteroatoms. The number of aromatic nitrogens is 2. The maximum atomic E-state index is 5.71. The molecule has 0 aromatic carbocycles. The van der Waals surface area contributed by atoms with Gasteiger partial charge in [0.25, 0.3) is 0 Å². The first-order valence-corrected chi connectivity index (χ1v) is 6.39. The molecule has 0 saturated carbocycles. The molecule has 0 amide bonds. The Bertz CT molecular complexity index is 460. The minimum atomic E-state index is 0.100. The summed E-state index contributed by atoms with van der Waals surface area (Å²) in [7, 11) is 2.14. The fourth-order valence-corrected chi connectivity index (χ4v) is 2.30. The summed E-state index contributed by atoms with van der Waals surface area (Å²) in [4.78, 5) is 13.5. The van der Waals surface area contributed by atoms with Gasteiger partial charge in [-0.1, -0.05) is 12.2 Å². The SMILES string of the molecule is CN1CCN(c2nccnc2C(N)=S)CC1(C)C. The third kappa shape index (κ3) is 2.44. The van der Waals surface area contributed by atoms with Gasteiger partial charge in [-0.2, -0.15) is 0 Å². The Morgan fingerprint density at radius 3 is 2.61 bits per heavy atom. The lowest BCUT2D eigenvalue weighted by Gasteiger charge is -2.45. The Morgan fingerprint density at radius 2 is 2.00 bits per heavy atom. The summed E-state index contributed by atoms with van der Waals surface area (Å²) < 4.78 is 0. The number of nitrogens with two attached hydrogens (primary N) is 1. The Balaban J connectivity index is 2.30. The van der Waals surface area contributed by atoms with Gasteiger partial charge in [-0.25, -0.2) is 9.97 Å². The van der Waals surface area contributed by atoms with E-state index in [0.717, 1.165) is 25.5 Å². The molecule has 0 bridgehead atoms. The minimum Gasteiger partial charge on any atom is -0.388 e. The number of hydrogen-bond donors (Lipinski definition) is 1. The number of hydrogen-bond acceptors (Lipinski definition) is 5. The molecule has 0 radical (unpaired) electrons. The minimum absolute atomic E-state index is 0.100. The van der Waals surface area contributed by atoms with Gasteiger partial charge in [0.2, 0.25) is 0 Å². The topological polar surface area (TPSA) is 58.3 Å². The fraction of sp³-hybridized carbons (Fsp3) is 0.583. The van der Waals surface area contributed by atoms with E-state index in [0.29, 0.717) is 10.7 Å². The summed E-state index contributed by atoms with van der Waals surface area (Å²) in [6, 6.07) is 0. The zero-order valence-corrected chi connectivity index (χ0v) is 11.9. The van der Waals surface area contributed by atoms with Crippen molar-refractivity contribution in [3.05, 3.63) is 18.1 Å². The molecule has 5 nitrogen and oxygen atoms in total. The monoisotopic (exact) mass is 265 g/mol. The van der Waals surface area contributed by atoms with Crippen LogP contribution in [0, 0.1) is 0 Å². The summed E-state index contributed by atoms with van der Waals surface area (Å²) >= 11 is 5.04. The van der Waals surface area contributed by atoms with Gasteiger partial charge in [0.05, 0.1) is 0 Å². The normalized spacial score (nSPS) is 19.8. The predicted octanol–water partition coefficient (Wildman–Crippen LogP) is 0.641. The first kappa shape index (κ1) is 13.2. The molecule has 1 aromatic rings. The van der Waals surface area contributed by atoms with Crippen LogP contribution in [0.2, 0.25) is 0 Å². The number of anilines is 1. The third-order valence-corrected chi connectivity index (χ3v) is 3.72. The van der Waals surface area contributed by atoms with E-state index in [9.17, 15) is 0 Å². The van der Waals surface area contributed by atoms with Crippen LogP contribution in [0.3, 0.4) is 0 Å². The van der Waals surface area contributed by atoms with Gasteiger partial charge < -0.3 is 10.6 Å². The first-order chi connectivity index (χ1) is 8.42. The van der Waals surface area contributed by atoms with Crippen molar-refractivity contribution < 1.29 is 0 Å². The van der Waals surface area contributed by atoms with E-state index >= 15 is 0 Å². The molecular weight excluding hydrogens is 246 g/mol. The molecule has 2 N–H and O–H groups in total. The molecule has 2 heterocycles. The molecule has 0 aliphatic carbocycles. The second kappa shape index (κ2) is 4.78. The molecule has 1 fully saturated rings. The van der Waals surface area contributed by atoms with E-state index in [2.05, 4.69) is 40.7 Å². The van der Waals surface area contributed by atoms with Crippen LogP contribution in [-0.4, -0.2) is 52.1 Å². The van der Waals surface area contributed by atoms with Gasteiger partial charge in [0.1, 0.15) is 10.7 Å². The highest BCUT2D eigenvalue weighted by Gasteiger charge is 2.32. The summed E-state index contributed by atoms with van der Waals surface area (Å²) in [5, 5.41) is 0. The molecule has 18 heavy (non-hydrogen) atoms. The number of likely N-dealkylation sites (N-methyl/N-ethyl adjacent to an activating group) is 1. The Morgan fingerprint density at radius 1 is 1.33 bits per heavy atom. The smallest absolute Gasteiger partial charge is 0.157 e. The van der Waals surface area contributed by atoms with Crippen molar-refractivity contribution >= 4 is 23.0 Å². The highest BCUT2D eigenvalue weighted by atomic mass is 32.1. The quantitative estimate of drug-likeness (QED) is 0.792. The molecule has 0 spiro atoms. The van der Waals surface area contributed by atoms with Crippen molar-refractivity contribution in [2.45, 2.75) is 19.4 Å². The van der Waals surface area contributed by atoms with Gasteiger partial charge in [0.15, 0.2) is 5.82 Å². The van der Waals surface area contributed by atoms with Crippen molar-refractivity contribution in [2.24, 2.45) is 5.73 Å². The van der Waals surface area contributed by atoms with E-state index in [1.54, 1.807) is 12.4 Å². The fourth-order valence-electron chi connectivity index (χ4n) is 2.16. The molecule has 98 valence electrons. The lowest BCUT2D eigenvalue weighted by molar-refractivity contribution is 0.138. The van der Waals surface area contributed by atoms with Crippen molar-refractivity contribution in [1.82, 2.24) is 14.9 Å². The largest absolute Gasteiger partial charge is 0.388 e. The maximum Gasteiger partial charge on any atom is 0.157 e. The molecule has 1 aliphatic heterocycles. The van der Waals surface area contributed by atoms with Crippen molar-refractivity contribution in [1.29, 1.82) is 0 Å². The standard InChI is InChI=1S/C12H19N5S/c1-12(2)8-17(7-6-16(12)3)11-9(10(13)18)14-4-5-15-11/h4-5H,6-8H2,1-3H3,(H2,13,18). The van der Waals surface area contributed by atoms with E-state index in [4.69, 9.17) is 18.0 Å². The molecule has 0 unspecified atom stereocenters. The molecule has 1 saturated heterocycles. The van der Waals surface area contributed by atoms with Gasteiger partial charge in [-0.15, -0.1) is 0 Å². The predicted molar refractivity (Wildman–Crippen MR) is 76.8 cm³/mol. The van der Waals surface area contributed by atoms with Crippen LogP contribution in [0.25, 0.3) is 0 Å². The molecular formula is C12H19N5S. The van der Waals surface area contributed by atoms with Crippen LogP contribution in [0.15, 0.2) is 12.4 Å². The molecule has 0 atom stereocenters. The zero-order valence-electron chi connectivity index (χ0n) is 11.1. The summed E-state index contributed by atoms with van der Waals surface area (Å²) in [5.41, 5.74) is 6.43.